The van der Waals surface area contributed by atoms with Crippen LogP contribution in [0.25, 0.3) is 0 Å². The number of nitrogens with one attached hydrogen (secondary N) is 1. The van der Waals surface area contributed by atoms with Gasteiger partial charge in [-0.1, -0.05) is 30.0 Å². The van der Waals surface area contributed by atoms with E-state index < -0.39 is 0 Å². The molecule has 2 rings (SSSR count). The lowest BCUT2D eigenvalue weighted by Crippen LogP contribution is -1.70. The van der Waals surface area contributed by atoms with E-state index in [2.05, 4.69) is 11.1 Å². The van der Waals surface area contributed by atoms with Crippen LogP contribution in [0.15, 0.2) is 52.5 Å². The molecule has 0 atom stereocenters. The number of rotatable bonds is 2. The first-order chi connectivity index (χ1) is 5.95. The van der Waals surface area contributed by atoms with Crippen molar-refractivity contribution in [2.45, 2.75) is 9.92 Å². The lowest BCUT2D eigenvalue weighted by Gasteiger charge is -1.95. The lowest BCUT2D eigenvalue weighted by atomic mass is 10.4. The fraction of sp³-hybridized carbons (Fsp3) is 0. The van der Waals surface area contributed by atoms with E-state index >= 15 is 0 Å². The van der Waals surface area contributed by atoms with Crippen LogP contribution in [0, 0.1) is 6.07 Å². The highest BCUT2D eigenvalue weighted by molar-refractivity contribution is 7.99. The van der Waals surface area contributed by atoms with Crippen molar-refractivity contribution in [3.63, 3.8) is 0 Å². The van der Waals surface area contributed by atoms with Crippen LogP contribution in [0.1, 0.15) is 0 Å². The molecule has 2 aromatic rings. The number of aromatic amines is 1. The average Bonchev–Trinajstić information content (AvgIpc) is 2.59. The summed E-state index contributed by atoms with van der Waals surface area (Å²) in [5.74, 6) is 0. The molecule has 59 valence electrons. The second kappa shape index (κ2) is 3.50. The number of H-pyrrole nitrogens is 1. The molecular formula is C10H8NS. The monoisotopic (exact) mass is 174 g/mol. The molecule has 1 aromatic heterocycles. The van der Waals surface area contributed by atoms with Gasteiger partial charge in [0.25, 0.3) is 0 Å². The molecule has 0 amide bonds. The summed E-state index contributed by atoms with van der Waals surface area (Å²) >= 11 is 1.68. The van der Waals surface area contributed by atoms with Crippen molar-refractivity contribution in [2.24, 2.45) is 0 Å². The highest BCUT2D eigenvalue weighted by Crippen LogP contribution is 2.24. The summed E-state index contributed by atoms with van der Waals surface area (Å²) in [5.41, 5.74) is 0. The zero-order chi connectivity index (χ0) is 8.23. The number of aromatic nitrogens is 1. The lowest BCUT2D eigenvalue weighted by molar-refractivity contribution is 1.20. The molecule has 0 fully saturated rings. The van der Waals surface area contributed by atoms with Crippen LogP contribution in [0.5, 0.6) is 0 Å². The van der Waals surface area contributed by atoms with Crippen LogP contribution < -0.4 is 0 Å². The predicted octanol–water partition coefficient (Wildman–Crippen LogP) is 2.97. The average molecular weight is 174 g/mol. The van der Waals surface area contributed by atoms with Crippen molar-refractivity contribution in [3.05, 3.63) is 48.7 Å². The maximum atomic E-state index is 3.15. The van der Waals surface area contributed by atoms with Gasteiger partial charge in [0.1, 0.15) is 0 Å². The van der Waals surface area contributed by atoms with Crippen molar-refractivity contribution in [2.75, 3.05) is 0 Å². The van der Waals surface area contributed by atoms with E-state index in [1.54, 1.807) is 11.8 Å². The summed E-state index contributed by atoms with van der Waals surface area (Å²) in [5, 5.41) is 1.15. The minimum atomic E-state index is 1.14. The molecule has 1 nitrogen and oxygen atoms in total. The number of benzene rings is 1. The van der Waals surface area contributed by atoms with E-state index in [1.807, 2.05) is 42.6 Å². The molecule has 0 saturated heterocycles. The summed E-state index contributed by atoms with van der Waals surface area (Å²) < 4.78 is 0. The summed E-state index contributed by atoms with van der Waals surface area (Å²) in [4.78, 5) is 4.27. The van der Waals surface area contributed by atoms with Gasteiger partial charge in [-0.2, -0.15) is 0 Å². The van der Waals surface area contributed by atoms with Crippen molar-refractivity contribution >= 4 is 11.8 Å². The Bertz CT molecular complexity index is 326. The third kappa shape index (κ3) is 1.71. The Morgan fingerprint density at radius 3 is 2.83 bits per heavy atom. The fourth-order valence-electron chi connectivity index (χ4n) is 0.936. The number of hydrogen-bond donors (Lipinski definition) is 1. The van der Waals surface area contributed by atoms with Gasteiger partial charge in [0, 0.05) is 11.1 Å². The molecule has 1 N–H and O–H groups in total. The minimum absolute atomic E-state index is 1.14. The zero-order valence-electron chi connectivity index (χ0n) is 6.45. The molecule has 1 radical (unpaired) electrons. The van der Waals surface area contributed by atoms with Crippen molar-refractivity contribution in [3.8, 4) is 0 Å². The molecule has 1 aromatic carbocycles. The standard InChI is InChI=1S/C10H8NS/c1-2-5-9(6-3-1)12-10-7-4-8-11-10/h1-5,7-8,11H. The van der Waals surface area contributed by atoms with Gasteiger partial charge in [0.05, 0.1) is 5.03 Å². The molecule has 0 bridgehead atoms. The Labute approximate surface area is 75.8 Å². The summed E-state index contributed by atoms with van der Waals surface area (Å²) in [6, 6.07) is 15.1. The Balaban J connectivity index is 2.15. The molecule has 0 aliphatic rings. The molecule has 0 aliphatic carbocycles. The Morgan fingerprint density at radius 1 is 1.17 bits per heavy atom. The number of hydrogen-bond acceptors (Lipinski definition) is 1. The van der Waals surface area contributed by atoms with Gasteiger partial charge in [0.15, 0.2) is 0 Å². The summed E-state index contributed by atoms with van der Waals surface area (Å²) in [6.45, 7) is 0. The quantitative estimate of drug-likeness (QED) is 0.740. The Morgan fingerprint density at radius 2 is 2.17 bits per heavy atom. The first kappa shape index (κ1) is 7.50. The zero-order valence-corrected chi connectivity index (χ0v) is 7.27. The van der Waals surface area contributed by atoms with Gasteiger partial charge >= 0.3 is 0 Å². The SMILES string of the molecule is [c]1ccccc1Sc1ccc[nH]1. The highest BCUT2D eigenvalue weighted by atomic mass is 32.2. The van der Waals surface area contributed by atoms with Crippen LogP contribution in [-0.4, -0.2) is 4.98 Å². The maximum absolute atomic E-state index is 3.15. The van der Waals surface area contributed by atoms with Crippen molar-refractivity contribution < 1.29 is 0 Å². The van der Waals surface area contributed by atoms with Crippen LogP contribution in [-0.2, 0) is 0 Å². The fourth-order valence-corrected chi connectivity index (χ4v) is 1.72. The molecule has 2 heteroatoms. The van der Waals surface area contributed by atoms with Crippen LogP contribution in [0.4, 0.5) is 0 Å². The second-order valence-corrected chi connectivity index (χ2v) is 3.45. The van der Waals surface area contributed by atoms with Gasteiger partial charge in [-0.05, 0) is 24.3 Å². The normalized spacial score (nSPS) is 10.0. The molecule has 1 heterocycles. The van der Waals surface area contributed by atoms with Gasteiger partial charge in [0.2, 0.25) is 0 Å². The molecule has 0 unspecified atom stereocenters. The van der Waals surface area contributed by atoms with E-state index in [-0.39, 0.29) is 0 Å². The summed E-state index contributed by atoms with van der Waals surface area (Å²) in [6.07, 6.45) is 1.92. The van der Waals surface area contributed by atoms with Gasteiger partial charge in [-0.25, -0.2) is 0 Å². The van der Waals surface area contributed by atoms with E-state index in [0.29, 0.717) is 0 Å². The van der Waals surface area contributed by atoms with E-state index in [1.165, 1.54) is 0 Å². The maximum Gasteiger partial charge on any atom is 0.0770 e. The third-order valence-electron chi connectivity index (χ3n) is 1.47. The van der Waals surface area contributed by atoms with Gasteiger partial charge < -0.3 is 4.98 Å². The first-order valence-electron chi connectivity index (χ1n) is 3.73. The molecule has 12 heavy (non-hydrogen) atoms. The van der Waals surface area contributed by atoms with Crippen molar-refractivity contribution in [1.82, 2.24) is 4.98 Å². The molecule has 0 spiro atoms. The van der Waals surface area contributed by atoms with Crippen LogP contribution >= 0.6 is 11.8 Å². The van der Waals surface area contributed by atoms with E-state index in [9.17, 15) is 0 Å². The molecule has 0 aliphatic heterocycles. The summed E-state index contributed by atoms with van der Waals surface area (Å²) in [7, 11) is 0. The van der Waals surface area contributed by atoms with Gasteiger partial charge in [-0.15, -0.1) is 0 Å². The van der Waals surface area contributed by atoms with Crippen LogP contribution in [0.2, 0.25) is 0 Å². The minimum Gasteiger partial charge on any atom is -0.356 e. The van der Waals surface area contributed by atoms with E-state index in [0.717, 1.165) is 9.92 Å². The third-order valence-corrected chi connectivity index (χ3v) is 2.42. The first-order valence-corrected chi connectivity index (χ1v) is 4.55. The van der Waals surface area contributed by atoms with Crippen LogP contribution in [0.3, 0.4) is 0 Å². The van der Waals surface area contributed by atoms with E-state index in [4.69, 9.17) is 0 Å². The Kier molecular flexibility index (Phi) is 2.19. The van der Waals surface area contributed by atoms with Gasteiger partial charge in [-0.3, -0.25) is 0 Å². The molecular weight excluding hydrogens is 166 g/mol. The smallest absolute Gasteiger partial charge is 0.0770 e. The largest absolute Gasteiger partial charge is 0.356 e. The van der Waals surface area contributed by atoms with Crippen molar-refractivity contribution in [1.29, 1.82) is 0 Å². The highest BCUT2D eigenvalue weighted by Gasteiger charge is 1.94. The predicted molar refractivity (Wildman–Crippen MR) is 50.2 cm³/mol. The topological polar surface area (TPSA) is 15.8 Å². The second-order valence-electron chi connectivity index (χ2n) is 2.36. The Hall–Kier alpha value is -1.15. The molecule has 0 saturated carbocycles.